The molecule has 0 saturated carbocycles. The molecule has 1 aromatic rings. The fourth-order valence-electron chi connectivity index (χ4n) is 3.47. The Kier molecular flexibility index (Phi) is 8.17. The van der Waals surface area contributed by atoms with Gasteiger partial charge >= 0.3 is 0 Å². The molecule has 0 radical (unpaired) electrons. The molecule has 1 aromatic carbocycles. The summed E-state index contributed by atoms with van der Waals surface area (Å²) in [5.74, 6) is -0.301. The number of nitrogens with zero attached hydrogens (tertiary/aromatic N) is 1. The average molecular weight is 444 g/mol. The summed E-state index contributed by atoms with van der Waals surface area (Å²) in [6.45, 7) is 3.97. The van der Waals surface area contributed by atoms with Crippen molar-refractivity contribution in [3.63, 3.8) is 0 Å². The van der Waals surface area contributed by atoms with Crippen LogP contribution >= 0.6 is 0 Å². The number of nitrogens with one attached hydrogen (secondary N) is 2. The predicted octanol–water partition coefficient (Wildman–Crippen LogP) is -1.71. The molecule has 2 saturated heterocycles. The van der Waals surface area contributed by atoms with Gasteiger partial charge < -0.3 is 25.0 Å². The standard InChI is InChI=1S/C19H29N3O7S/c23-17(20-6-7-22-8-10-28-11-9-22)12-15-18(24)19(25)16(29-15)13-21-30(26,27)14-4-2-1-3-5-14/h1-5,15-16,18-19,21,24-25H,6-13H2,(H,20,23). The highest BCUT2D eigenvalue weighted by Crippen LogP contribution is 2.23. The number of sulfonamides is 1. The van der Waals surface area contributed by atoms with Crippen LogP contribution in [-0.4, -0.2) is 99.8 Å². The van der Waals surface area contributed by atoms with Crippen molar-refractivity contribution in [1.29, 1.82) is 0 Å². The summed E-state index contributed by atoms with van der Waals surface area (Å²) in [4.78, 5) is 14.4. The number of rotatable bonds is 9. The third-order valence-corrected chi connectivity index (χ3v) is 6.67. The van der Waals surface area contributed by atoms with Crippen molar-refractivity contribution in [3.8, 4) is 0 Å². The van der Waals surface area contributed by atoms with Gasteiger partial charge in [-0.3, -0.25) is 9.69 Å². The fraction of sp³-hybridized carbons (Fsp3) is 0.632. The van der Waals surface area contributed by atoms with Crippen LogP contribution in [0, 0.1) is 0 Å². The average Bonchev–Trinajstić information content (AvgIpc) is 3.01. The number of benzene rings is 1. The number of morpholine rings is 1. The topological polar surface area (TPSA) is 137 Å². The number of amides is 1. The van der Waals surface area contributed by atoms with Gasteiger partial charge in [-0.05, 0) is 12.1 Å². The van der Waals surface area contributed by atoms with Crippen molar-refractivity contribution in [3.05, 3.63) is 30.3 Å². The van der Waals surface area contributed by atoms with Crippen molar-refractivity contribution in [2.45, 2.75) is 35.7 Å². The largest absolute Gasteiger partial charge is 0.388 e. The molecule has 11 heteroatoms. The molecule has 2 fully saturated rings. The molecular weight excluding hydrogens is 414 g/mol. The third kappa shape index (κ3) is 6.20. The van der Waals surface area contributed by atoms with E-state index in [2.05, 4.69) is 14.9 Å². The summed E-state index contributed by atoms with van der Waals surface area (Å²) in [6, 6.07) is 7.82. The van der Waals surface area contributed by atoms with Gasteiger partial charge in [-0.2, -0.15) is 0 Å². The van der Waals surface area contributed by atoms with E-state index in [9.17, 15) is 23.4 Å². The third-order valence-electron chi connectivity index (χ3n) is 5.23. The van der Waals surface area contributed by atoms with Crippen LogP contribution < -0.4 is 10.0 Å². The van der Waals surface area contributed by atoms with Crippen LogP contribution in [-0.2, 0) is 24.3 Å². The normalized spacial score (nSPS) is 27.8. The van der Waals surface area contributed by atoms with E-state index in [1.54, 1.807) is 18.2 Å². The minimum absolute atomic E-state index is 0.0919. The van der Waals surface area contributed by atoms with Gasteiger partial charge in [-0.1, -0.05) is 18.2 Å². The van der Waals surface area contributed by atoms with Crippen molar-refractivity contribution in [2.75, 3.05) is 45.9 Å². The SMILES string of the molecule is O=C(CC1OC(CNS(=O)(=O)c2ccccc2)C(O)C1O)NCCN1CCOCC1. The first-order valence-corrected chi connectivity index (χ1v) is 11.5. The number of aliphatic hydroxyl groups is 2. The van der Waals surface area contributed by atoms with E-state index < -0.39 is 34.4 Å². The van der Waals surface area contributed by atoms with Crippen molar-refractivity contribution >= 4 is 15.9 Å². The maximum Gasteiger partial charge on any atom is 0.240 e. The molecule has 168 valence electrons. The van der Waals surface area contributed by atoms with Gasteiger partial charge in [-0.25, -0.2) is 13.1 Å². The first-order valence-electron chi connectivity index (χ1n) is 10.00. The lowest BCUT2D eigenvalue weighted by Gasteiger charge is -2.26. The van der Waals surface area contributed by atoms with E-state index in [0.29, 0.717) is 26.3 Å². The molecule has 4 unspecified atom stereocenters. The fourth-order valence-corrected chi connectivity index (χ4v) is 4.54. The highest BCUT2D eigenvalue weighted by molar-refractivity contribution is 7.89. The Balaban J connectivity index is 1.43. The Morgan fingerprint density at radius 2 is 1.77 bits per heavy atom. The van der Waals surface area contributed by atoms with Crippen LogP contribution in [0.2, 0.25) is 0 Å². The first kappa shape index (κ1) is 23.1. The molecular formula is C19H29N3O7S. The minimum Gasteiger partial charge on any atom is -0.388 e. The van der Waals surface area contributed by atoms with E-state index in [1.165, 1.54) is 12.1 Å². The number of carbonyl (C=O) groups is 1. The quantitative estimate of drug-likeness (QED) is 0.354. The molecule has 10 nitrogen and oxygen atoms in total. The lowest BCUT2D eigenvalue weighted by atomic mass is 10.1. The number of carbonyl (C=O) groups excluding carboxylic acids is 1. The molecule has 2 heterocycles. The van der Waals surface area contributed by atoms with Crippen LogP contribution in [0.5, 0.6) is 0 Å². The van der Waals surface area contributed by atoms with Gasteiger partial charge in [0.15, 0.2) is 0 Å². The summed E-state index contributed by atoms with van der Waals surface area (Å²) in [6.07, 6.45) is -4.56. The van der Waals surface area contributed by atoms with E-state index >= 15 is 0 Å². The molecule has 0 aromatic heterocycles. The monoisotopic (exact) mass is 443 g/mol. The van der Waals surface area contributed by atoms with Gasteiger partial charge in [0.2, 0.25) is 15.9 Å². The number of hydrogen-bond acceptors (Lipinski definition) is 8. The lowest BCUT2D eigenvalue weighted by Crippen LogP contribution is -2.42. The minimum atomic E-state index is -3.77. The molecule has 2 aliphatic heterocycles. The van der Waals surface area contributed by atoms with Crippen molar-refractivity contribution in [1.82, 2.24) is 14.9 Å². The zero-order valence-electron chi connectivity index (χ0n) is 16.6. The second-order valence-electron chi connectivity index (χ2n) is 7.37. The van der Waals surface area contributed by atoms with Crippen LogP contribution in [0.25, 0.3) is 0 Å². The van der Waals surface area contributed by atoms with E-state index in [-0.39, 0.29) is 23.8 Å². The van der Waals surface area contributed by atoms with E-state index in [0.717, 1.165) is 13.1 Å². The molecule has 0 aliphatic carbocycles. The summed E-state index contributed by atoms with van der Waals surface area (Å²) < 4.78 is 37.8. The van der Waals surface area contributed by atoms with Crippen molar-refractivity contribution in [2.24, 2.45) is 0 Å². The highest BCUT2D eigenvalue weighted by Gasteiger charge is 2.43. The van der Waals surface area contributed by atoms with Crippen molar-refractivity contribution < 1.29 is 32.9 Å². The summed E-state index contributed by atoms with van der Waals surface area (Å²) >= 11 is 0. The number of aliphatic hydroxyl groups excluding tert-OH is 2. The predicted molar refractivity (Wildman–Crippen MR) is 107 cm³/mol. The molecule has 2 aliphatic rings. The van der Waals surface area contributed by atoms with Crippen LogP contribution in [0.4, 0.5) is 0 Å². The lowest BCUT2D eigenvalue weighted by molar-refractivity contribution is -0.125. The maximum absolute atomic E-state index is 12.3. The molecule has 1 amide bonds. The molecule has 3 rings (SSSR count). The summed E-state index contributed by atoms with van der Waals surface area (Å²) in [5.41, 5.74) is 0. The van der Waals surface area contributed by atoms with Gasteiger partial charge in [0.25, 0.3) is 0 Å². The smallest absolute Gasteiger partial charge is 0.240 e. The highest BCUT2D eigenvalue weighted by atomic mass is 32.2. The molecule has 0 bridgehead atoms. The van der Waals surface area contributed by atoms with Gasteiger partial charge in [0, 0.05) is 32.7 Å². The van der Waals surface area contributed by atoms with Gasteiger partial charge in [0.05, 0.1) is 30.6 Å². The first-order chi connectivity index (χ1) is 14.4. The zero-order chi connectivity index (χ0) is 21.6. The number of ether oxygens (including phenoxy) is 2. The molecule has 4 N–H and O–H groups in total. The Bertz CT molecular complexity index is 787. The summed E-state index contributed by atoms with van der Waals surface area (Å²) in [5, 5.41) is 23.2. The van der Waals surface area contributed by atoms with E-state index in [4.69, 9.17) is 9.47 Å². The van der Waals surface area contributed by atoms with Crippen LogP contribution in [0.15, 0.2) is 35.2 Å². The Labute approximate surface area is 176 Å². The summed E-state index contributed by atoms with van der Waals surface area (Å²) in [7, 11) is -3.77. The Morgan fingerprint density at radius 1 is 1.10 bits per heavy atom. The number of hydrogen-bond donors (Lipinski definition) is 4. The van der Waals surface area contributed by atoms with Crippen LogP contribution in [0.3, 0.4) is 0 Å². The second kappa shape index (κ2) is 10.6. The maximum atomic E-state index is 12.3. The second-order valence-corrected chi connectivity index (χ2v) is 9.13. The van der Waals surface area contributed by atoms with Gasteiger partial charge in [0.1, 0.15) is 18.3 Å². The zero-order valence-corrected chi connectivity index (χ0v) is 17.5. The molecule has 4 atom stereocenters. The molecule has 30 heavy (non-hydrogen) atoms. The van der Waals surface area contributed by atoms with Gasteiger partial charge in [-0.15, -0.1) is 0 Å². The Hall–Kier alpha value is -1.60. The van der Waals surface area contributed by atoms with E-state index in [1.807, 2.05) is 0 Å². The Morgan fingerprint density at radius 3 is 2.47 bits per heavy atom. The van der Waals surface area contributed by atoms with Crippen LogP contribution in [0.1, 0.15) is 6.42 Å². The molecule has 0 spiro atoms.